The van der Waals surface area contributed by atoms with E-state index in [4.69, 9.17) is 4.74 Å². The molecule has 1 N–H and O–H groups in total. The average Bonchev–Trinajstić information content (AvgIpc) is 2.36. The molecule has 1 amide bonds. The number of carboxylic acids is 1. The fourth-order valence-corrected chi connectivity index (χ4v) is 1.96. The highest BCUT2D eigenvalue weighted by molar-refractivity contribution is 5.87. The summed E-state index contributed by atoms with van der Waals surface area (Å²) >= 11 is 0. The van der Waals surface area contributed by atoms with Gasteiger partial charge in [-0.05, 0) is 26.0 Å². The Bertz CT molecular complexity index is 512. The van der Waals surface area contributed by atoms with Gasteiger partial charge in [0.1, 0.15) is 5.75 Å². The number of carbonyl (C=O) groups excluding carboxylic acids is 1. The van der Waals surface area contributed by atoms with Gasteiger partial charge in [-0.1, -0.05) is 11.6 Å². The second-order valence-electron chi connectivity index (χ2n) is 4.66. The average molecular weight is 265 g/mol. The molecule has 0 saturated carbocycles. The smallest absolute Gasteiger partial charge is 0.334 e. The van der Waals surface area contributed by atoms with Crippen molar-refractivity contribution in [2.75, 3.05) is 14.2 Å². The van der Waals surface area contributed by atoms with Crippen molar-refractivity contribution in [3.05, 3.63) is 29.3 Å². The Kier molecular flexibility index (Phi) is 4.19. The normalized spacial score (nSPS) is 13.5. The summed E-state index contributed by atoms with van der Waals surface area (Å²) in [7, 11) is 2.95. The Morgan fingerprint density at radius 3 is 2.37 bits per heavy atom. The topological polar surface area (TPSA) is 66.8 Å². The molecular formula is C14H19NO4. The van der Waals surface area contributed by atoms with Crippen LogP contribution in [0.3, 0.4) is 0 Å². The number of benzene rings is 1. The molecule has 0 saturated heterocycles. The third-order valence-corrected chi connectivity index (χ3v) is 3.44. The number of carbonyl (C=O) groups is 2. The number of hydrogen-bond donors (Lipinski definition) is 1. The monoisotopic (exact) mass is 265 g/mol. The van der Waals surface area contributed by atoms with Gasteiger partial charge in [0.2, 0.25) is 5.91 Å². The van der Waals surface area contributed by atoms with Crippen LogP contribution < -0.4 is 4.74 Å². The molecule has 0 radical (unpaired) electrons. The van der Waals surface area contributed by atoms with E-state index in [0.717, 1.165) is 5.56 Å². The van der Waals surface area contributed by atoms with Gasteiger partial charge in [-0.15, -0.1) is 0 Å². The number of methoxy groups -OCH3 is 1. The molecule has 104 valence electrons. The van der Waals surface area contributed by atoms with Gasteiger partial charge < -0.3 is 14.7 Å². The van der Waals surface area contributed by atoms with Crippen LogP contribution in [0.4, 0.5) is 0 Å². The van der Waals surface area contributed by atoms with E-state index >= 15 is 0 Å². The molecule has 1 aromatic carbocycles. The van der Waals surface area contributed by atoms with Crippen LogP contribution in [0.1, 0.15) is 25.0 Å². The van der Waals surface area contributed by atoms with E-state index in [1.165, 1.54) is 32.9 Å². The van der Waals surface area contributed by atoms with Gasteiger partial charge in [-0.2, -0.15) is 0 Å². The molecule has 0 aromatic heterocycles. The lowest BCUT2D eigenvalue weighted by molar-refractivity contribution is -0.156. The summed E-state index contributed by atoms with van der Waals surface area (Å²) in [5.74, 6) is -0.980. The molecule has 0 bridgehead atoms. The molecule has 19 heavy (non-hydrogen) atoms. The van der Waals surface area contributed by atoms with Gasteiger partial charge >= 0.3 is 5.97 Å². The lowest BCUT2D eigenvalue weighted by atomic mass is 9.88. The van der Waals surface area contributed by atoms with Gasteiger partial charge in [0.25, 0.3) is 0 Å². The summed E-state index contributed by atoms with van der Waals surface area (Å²) in [4.78, 5) is 24.5. The van der Waals surface area contributed by atoms with E-state index in [9.17, 15) is 14.7 Å². The molecule has 0 aliphatic carbocycles. The van der Waals surface area contributed by atoms with E-state index in [0.29, 0.717) is 11.3 Å². The van der Waals surface area contributed by atoms with Crippen molar-refractivity contribution in [2.45, 2.75) is 26.3 Å². The first kappa shape index (κ1) is 15.0. The fraction of sp³-hybridized carbons (Fsp3) is 0.429. The number of ether oxygens (including phenoxy) is 1. The second-order valence-corrected chi connectivity index (χ2v) is 4.66. The van der Waals surface area contributed by atoms with Crippen molar-refractivity contribution in [3.8, 4) is 5.75 Å². The molecule has 5 nitrogen and oxygen atoms in total. The zero-order valence-corrected chi connectivity index (χ0v) is 11.9. The van der Waals surface area contributed by atoms with E-state index in [1.807, 2.05) is 13.0 Å². The number of likely N-dealkylation sites (N-methyl/N-ethyl adjacent to an activating group) is 1. The summed E-state index contributed by atoms with van der Waals surface area (Å²) in [5.41, 5.74) is -0.108. The van der Waals surface area contributed by atoms with Crippen LogP contribution in [0.5, 0.6) is 5.75 Å². The first-order valence-electron chi connectivity index (χ1n) is 5.88. The maximum atomic E-state index is 11.7. The third kappa shape index (κ3) is 2.54. The van der Waals surface area contributed by atoms with Crippen molar-refractivity contribution in [2.24, 2.45) is 0 Å². The van der Waals surface area contributed by atoms with Gasteiger partial charge in [0.05, 0.1) is 7.11 Å². The van der Waals surface area contributed by atoms with Crippen molar-refractivity contribution in [1.29, 1.82) is 0 Å². The zero-order valence-electron chi connectivity index (χ0n) is 11.9. The number of aliphatic carboxylic acids is 1. The quantitative estimate of drug-likeness (QED) is 0.901. The van der Waals surface area contributed by atoms with Crippen LogP contribution in [0.25, 0.3) is 0 Å². The van der Waals surface area contributed by atoms with Crippen LogP contribution >= 0.6 is 0 Å². The minimum Gasteiger partial charge on any atom is -0.496 e. The predicted molar refractivity (Wildman–Crippen MR) is 71.2 cm³/mol. The van der Waals surface area contributed by atoms with Crippen LogP contribution in [0, 0.1) is 6.92 Å². The Hall–Kier alpha value is -2.04. The minimum atomic E-state index is -1.47. The Labute approximate surface area is 112 Å². The molecule has 1 rings (SSSR count). The molecule has 1 aromatic rings. The highest BCUT2D eigenvalue weighted by atomic mass is 16.5. The maximum absolute atomic E-state index is 11.7. The zero-order chi connectivity index (χ0) is 14.8. The number of rotatable bonds is 4. The van der Waals surface area contributed by atoms with Gasteiger partial charge in [0, 0.05) is 19.5 Å². The Morgan fingerprint density at radius 2 is 1.95 bits per heavy atom. The second kappa shape index (κ2) is 5.30. The van der Waals surface area contributed by atoms with E-state index in [1.54, 1.807) is 12.1 Å². The van der Waals surface area contributed by atoms with Gasteiger partial charge in [-0.25, -0.2) is 4.79 Å². The number of carboxylic acid groups (broad SMARTS) is 1. The van der Waals surface area contributed by atoms with E-state index in [-0.39, 0.29) is 5.91 Å². The van der Waals surface area contributed by atoms with Gasteiger partial charge in [0.15, 0.2) is 5.54 Å². The maximum Gasteiger partial charge on any atom is 0.334 e. The van der Waals surface area contributed by atoms with Gasteiger partial charge in [-0.3, -0.25) is 4.79 Å². The summed E-state index contributed by atoms with van der Waals surface area (Å²) in [6.45, 7) is 4.69. The molecule has 0 aliphatic rings. The molecule has 0 heterocycles. The van der Waals surface area contributed by atoms with Crippen molar-refractivity contribution >= 4 is 11.9 Å². The molecule has 1 atom stereocenters. The lowest BCUT2D eigenvalue weighted by Crippen LogP contribution is -2.50. The molecule has 5 heteroatoms. The van der Waals surface area contributed by atoms with Crippen molar-refractivity contribution < 1.29 is 19.4 Å². The predicted octanol–water partition coefficient (Wildman–Crippen LogP) is 1.78. The lowest BCUT2D eigenvalue weighted by Gasteiger charge is -2.35. The summed E-state index contributed by atoms with van der Waals surface area (Å²) in [5, 5.41) is 9.57. The number of aryl methyl sites for hydroxylation is 1. The molecule has 0 spiro atoms. The third-order valence-electron chi connectivity index (χ3n) is 3.44. The highest BCUT2D eigenvalue weighted by Crippen LogP contribution is 2.35. The van der Waals surface area contributed by atoms with Crippen LogP contribution in [-0.4, -0.2) is 36.0 Å². The van der Waals surface area contributed by atoms with Crippen molar-refractivity contribution in [3.63, 3.8) is 0 Å². The minimum absolute atomic E-state index is 0.326. The molecule has 1 unspecified atom stereocenters. The van der Waals surface area contributed by atoms with E-state index < -0.39 is 11.5 Å². The number of hydrogen-bond acceptors (Lipinski definition) is 3. The molecule has 0 fully saturated rings. The van der Waals surface area contributed by atoms with Crippen LogP contribution in [0.15, 0.2) is 18.2 Å². The largest absolute Gasteiger partial charge is 0.496 e. The van der Waals surface area contributed by atoms with Crippen molar-refractivity contribution in [1.82, 2.24) is 4.90 Å². The first-order valence-corrected chi connectivity index (χ1v) is 5.88. The first-order chi connectivity index (χ1) is 8.75. The molecular weight excluding hydrogens is 246 g/mol. The SMILES string of the molecule is COc1ccc(C)cc1C(C)(C(=O)O)N(C)C(C)=O. The van der Waals surface area contributed by atoms with Crippen LogP contribution in [-0.2, 0) is 15.1 Å². The summed E-state index contributed by atoms with van der Waals surface area (Å²) in [6.07, 6.45) is 0. The molecule has 0 aliphatic heterocycles. The van der Waals surface area contributed by atoms with Crippen LogP contribution in [0.2, 0.25) is 0 Å². The Balaban J connectivity index is 3.54. The fourth-order valence-electron chi connectivity index (χ4n) is 1.96. The standard InChI is InChI=1S/C14H19NO4/c1-9-6-7-12(19-5)11(8-9)14(3,13(17)18)15(4)10(2)16/h6-8H,1-5H3,(H,17,18). The number of amides is 1. The summed E-state index contributed by atoms with van der Waals surface area (Å²) < 4.78 is 5.23. The highest BCUT2D eigenvalue weighted by Gasteiger charge is 2.43. The number of nitrogens with zero attached hydrogens (tertiary/aromatic N) is 1. The summed E-state index contributed by atoms with van der Waals surface area (Å²) in [6, 6.07) is 5.27. The Morgan fingerprint density at radius 1 is 1.37 bits per heavy atom. The van der Waals surface area contributed by atoms with E-state index in [2.05, 4.69) is 0 Å².